The second-order valence-electron chi connectivity index (χ2n) is 7.04. The van der Waals surface area contributed by atoms with Crippen molar-refractivity contribution in [3.63, 3.8) is 0 Å². The Kier molecular flexibility index (Phi) is 7.99. The van der Waals surface area contributed by atoms with Crippen LogP contribution in [-0.4, -0.2) is 80.8 Å². The minimum Gasteiger partial charge on any atom is -0.461 e. The van der Waals surface area contributed by atoms with Gasteiger partial charge in [0.1, 0.15) is 19.0 Å². The number of hydrogen-bond acceptors (Lipinski definition) is 9. The number of nitrogens with zero attached hydrogens (tertiary/aromatic N) is 5. The molecule has 0 unspecified atom stereocenters. The summed E-state index contributed by atoms with van der Waals surface area (Å²) in [6.07, 6.45) is 1.40. The fourth-order valence-corrected chi connectivity index (χ4v) is 2.87. The van der Waals surface area contributed by atoms with Crippen LogP contribution in [0.3, 0.4) is 0 Å². The predicted molar refractivity (Wildman–Crippen MR) is 118 cm³/mol. The molecule has 0 spiro atoms. The molecule has 1 amide bonds. The molecular weight excluding hydrogens is 400 g/mol. The van der Waals surface area contributed by atoms with Crippen molar-refractivity contribution in [3.05, 3.63) is 41.5 Å². The maximum atomic E-state index is 11.5. The Hall–Kier alpha value is -3.40. The largest absolute Gasteiger partial charge is 0.461 e. The van der Waals surface area contributed by atoms with Gasteiger partial charge in [0.15, 0.2) is 5.82 Å². The van der Waals surface area contributed by atoms with Crippen LogP contribution in [0, 0.1) is 6.92 Å². The minimum absolute atomic E-state index is 0.197. The number of nitrogens with one attached hydrogen (secondary N) is 1. The second-order valence-corrected chi connectivity index (χ2v) is 7.04. The number of methoxy groups -OCH3 is 1. The standard InChI is InChI=1S/C21H28N6O4/c1-16-5-4-6-17(13-16)15-22-25-18-14-19(26(2)7-10-29-3)24-20(23-18)30-11-8-27-9-12-31-21(27)28/h4-6,13-15H,7-12H2,1-3H3,(H,23,24,25)/b22-15+. The molecule has 0 atom stereocenters. The van der Waals surface area contributed by atoms with Gasteiger partial charge in [-0.25, -0.2) is 4.79 Å². The van der Waals surface area contributed by atoms with E-state index in [1.54, 1.807) is 24.3 Å². The van der Waals surface area contributed by atoms with E-state index in [1.165, 1.54) is 0 Å². The zero-order valence-electron chi connectivity index (χ0n) is 18.1. The molecule has 10 heteroatoms. The van der Waals surface area contributed by atoms with Crippen LogP contribution in [0.5, 0.6) is 6.01 Å². The number of aryl methyl sites for hydroxylation is 1. The Balaban J connectivity index is 1.68. The van der Waals surface area contributed by atoms with Gasteiger partial charge in [0, 0.05) is 26.8 Å². The Morgan fingerprint density at radius 3 is 2.94 bits per heavy atom. The summed E-state index contributed by atoms with van der Waals surface area (Å²) in [7, 11) is 3.56. The number of carbonyl (C=O) groups is 1. The summed E-state index contributed by atoms with van der Waals surface area (Å²) in [4.78, 5) is 23.9. The van der Waals surface area contributed by atoms with Crippen molar-refractivity contribution < 1.29 is 19.0 Å². The zero-order chi connectivity index (χ0) is 22.1. The van der Waals surface area contributed by atoms with Crippen molar-refractivity contribution in [1.29, 1.82) is 0 Å². The number of hydrogen-bond donors (Lipinski definition) is 1. The van der Waals surface area contributed by atoms with E-state index in [1.807, 2.05) is 43.1 Å². The van der Waals surface area contributed by atoms with E-state index in [0.717, 1.165) is 11.1 Å². The molecule has 0 radical (unpaired) electrons. The number of hydrazone groups is 1. The lowest BCUT2D eigenvalue weighted by Crippen LogP contribution is -2.29. The van der Waals surface area contributed by atoms with E-state index >= 15 is 0 Å². The van der Waals surface area contributed by atoms with Gasteiger partial charge in [-0.3, -0.25) is 5.43 Å². The van der Waals surface area contributed by atoms with Crippen LogP contribution in [0.1, 0.15) is 11.1 Å². The van der Waals surface area contributed by atoms with Gasteiger partial charge >= 0.3 is 12.1 Å². The number of rotatable bonds is 11. The molecule has 1 aromatic carbocycles. The number of carbonyl (C=O) groups excluding carboxylic acids is 1. The molecule has 1 N–H and O–H groups in total. The second kappa shape index (κ2) is 11.1. The number of ether oxygens (including phenoxy) is 3. The van der Waals surface area contributed by atoms with E-state index in [0.29, 0.717) is 44.5 Å². The van der Waals surface area contributed by atoms with Crippen LogP contribution >= 0.6 is 0 Å². The third-order valence-electron chi connectivity index (χ3n) is 4.59. The zero-order valence-corrected chi connectivity index (χ0v) is 18.1. The van der Waals surface area contributed by atoms with Crippen LogP contribution < -0.4 is 15.1 Å². The molecule has 0 saturated carbocycles. The monoisotopic (exact) mass is 428 g/mol. The molecule has 0 aliphatic carbocycles. The van der Waals surface area contributed by atoms with Gasteiger partial charge in [-0.1, -0.05) is 29.8 Å². The number of likely N-dealkylation sites (N-methyl/N-ethyl adjacent to an activating group) is 1. The smallest absolute Gasteiger partial charge is 0.410 e. The van der Waals surface area contributed by atoms with Crippen LogP contribution in [0.15, 0.2) is 35.4 Å². The quantitative estimate of drug-likeness (QED) is 0.429. The molecule has 31 heavy (non-hydrogen) atoms. The van der Waals surface area contributed by atoms with Gasteiger partial charge in [0.25, 0.3) is 0 Å². The maximum absolute atomic E-state index is 11.5. The molecule has 3 rings (SSSR count). The average Bonchev–Trinajstić information content (AvgIpc) is 3.16. The van der Waals surface area contributed by atoms with Gasteiger partial charge in [0.05, 0.1) is 25.9 Å². The van der Waals surface area contributed by atoms with Crippen LogP contribution in [0.4, 0.5) is 16.4 Å². The summed E-state index contributed by atoms with van der Waals surface area (Å²) < 4.78 is 15.8. The molecule has 10 nitrogen and oxygen atoms in total. The van der Waals surface area contributed by atoms with E-state index < -0.39 is 0 Å². The molecule has 1 fully saturated rings. The first-order chi connectivity index (χ1) is 15.0. The minimum atomic E-state index is -0.328. The van der Waals surface area contributed by atoms with Gasteiger partial charge in [-0.05, 0) is 12.5 Å². The highest BCUT2D eigenvalue weighted by atomic mass is 16.6. The van der Waals surface area contributed by atoms with Crippen molar-refractivity contribution >= 4 is 23.9 Å². The lowest BCUT2D eigenvalue weighted by atomic mass is 10.2. The summed E-state index contributed by atoms with van der Waals surface area (Å²) >= 11 is 0. The van der Waals surface area contributed by atoms with Crippen molar-refractivity contribution in [3.8, 4) is 6.01 Å². The van der Waals surface area contributed by atoms with Crippen molar-refractivity contribution in [2.24, 2.45) is 5.10 Å². The first-order valence-electron chi connectivity index (χ1n) is 10.0. The molecule has 166 valence electrons. The Labute approximate surface area is 181 Å². The van der Waals surface area contributed by atoms with Crippen molar-refractivity contribution in [2.75, 3.05) is 63.9 Å². The predicted octanol–water partition coefficient (Wildman–Crippen LogP) is 2.14. The lowest BCUT2D eigenvalue weighted by molar-refractivity contribution is 0.152. The SMILES string of the molecule is COCCN(C)c1cc(N/N=C/c2cccc(C)c2)nc(OCCN2CCOC2=O)n1. The number of aromatic nitrogens is 2. The molecule has 0 bridgehead atoms. The summed E-state index contributed by atoms with van der Waals surface area (Å²) in [5.41, 5.74) is 5.08. The molecule has 2 heterocycles. The fourth-order valence-electron chi connectivity index (χ4n) is 2.87. The Bertz CT molecular complexity index is 907. The van der Waals surface area contributed by atoms with Crippen LogP contribution in [0.25, 0.3) is 0 Å². The van der Waals surface area contributed by atoms with E-state index in [9.17, 15) is 4.79 Å². The number of anilines is 2. The third-order valence-corrected chi connectivity index (χ3v) is 4.59. The lowest BCUT2D eigenvalue weighted by Gasteiger charge is -2.19. The van der Waals surface area contributed by atoms with E-state index in [2.05, 4.69) is 20.5 Å². The topological polar surface area (TPSA) is 101 Å². The highest BCUT2D eigenvalue weighted by molar-refractivity contribution is 5.80. The van der Waals surface area contributed by atoms with Gasteiger partial charge in [0.2, 0.25) is 0 Å². The van der Waals surface area contributed by atoms with E-state index in [-0.39, 0.29) is 18.7 Å². The third kappa shape index (κ3) is 6.82. The first kappa shape index (κ1) is 22.3. The van der Waals surface area contributed by atoms with Crippen LogP contribution in [0.2, 0.25) is 0 Å². The summed E-state index contributed by atoms with van der Waals surface area (Å²) in [6, 6.07) is 10.00. The van der Waals surface area contributed by atoms with Crippen molar-refractivity contribution in [1.82, 2.24) is 14.9 Å². The number of cyclic esters (lactones) is 1. The highest BCUT2D eigenvalue weighted by Gasteiger charge is 2.21. The van der Waals surface area contributed by atoms with E-state index in [4.69, 9.17) is 14.2 Å². The molecular formula is C21H28N6O4. The van der Waals surface area contributed by atoms with Gasteiger partial charge < -0.3 is 24.0 Å². The molecule has 2 aromatic rings. The van der Waals surface area contributed by atoms with Crippen molar-refractivity contribution in [2.45, 2.75) is 6.92 Å². The normalized spacial score (nSPS) is 13.5. The number of amides is 1. The highest BCUT2D eigenvalue weighted by Crippen LogP contribution is 2.19. The Morgan fingerprint density at radius 2 is 2.19 bits per heavy atom. The number of benzene rings is 1. The van der Waals surface area contributed by atoms with Crippen LogP contribution in [-0.2, 0) is 9.47 Å². The average molecular weight is 428 g/mol. The van der Waals surface area contributed by atoms with Gasteiger partial charge in [-0.2, -0.15) is 15.1 Å². The summed E-state index contributed by atoms with van der Waals surface area (Å²) in [6.45, 7) is 4.86. The maximum Gasteiger partial charge on any atom is 0.410 e. The summed E-state index contributed by atoms with van der Waals surface area (Å²) in [5, 5.41) is 4.28. The van der Waals surface area contributed by atoms with Gasteiger partial charge in [-0.15, -0.1) is 0 Å². The molecule has 1 aromatic heterocycles. The Morgan fingerprint density at radius 1 is 1.32 bits per heavy atom. The molecule has 1 saturated heterocycles. The first-order valence-corrected chi connectivity index (χ1v) is 10.0. The molecule has 1 aliphatic heterocycles. The molecule has 1 aliphatic rings. The fraction of sp³-hybridized carbons (Fsp3) is 0.429. The summed E-state index contributed by atoms with van der Waals surface area (Å²) in [5.74, 6) is 1.16.